The minimum atomic E-state index is -1.20. The van der Waals surface area contributed by atoms with E-state index >= 15 is 0 Å². The Hall–Kier alpha value is -2.25. The molecule has 0 radical (unpaired) electrons. The smallest absolute Gasteiger partial charge is 0.219 e. The van der Waals surface area contributed by atoms with Crippen LogP contribution in [0.1, 0.15) is 6.92 Å². The zero-order valence-electron chi connectivity index (χ0n) is 13.6. The molecule has 0 spiro atoms. The number of carbonyl (C=O) groups excluding carboxylic acids is 2. The third-order valence-electron chi connectivity index (χ3n) is 3.22. The Labute approximate surface area is 157 Å². The molecule has 26 heavy (non-hydrogen) atoms. The molecule has 0 unspecified atom stereocenters. The molecule has 0 saturated carbocycles. The van der Waals surface area contributed by atoms with Crippen molar-refractivity contribution in [3.05, 3.63) is 72.6 Å². The van der Waals surface area contributed by atoms with Crippen LogP contribution in [0.3, 0.4) is 0 Å². The van der Waals surface area contributed by atoms with Crippen LogP contribution in [0.15, 0.2) is 64.9 Å². The summed E-state index contributed by atoms with van der Waals surface area (Å²) in [5, 5.41) is -0.909. The van der Waals surface area contributed by atoms with Crippen molar-refractivity contribution in [2.24, 2.45) is 0 Å². The zero-order valence-corrected chi connectivity index (χ0v) is 15.3. The molecule has 2 nitrogen and oxygen atoms in total. The Kier molecular flexibility index (Phi) is 6.50. The summed E-state index contributed by atoms with van der Waals surface area (Å²) >= 11 is 1.18. The minimum Gasteiger partial charge on any atom is -0.282 e. The molecule has 7 heteroatoms. The van der Waals surface area contributed by atoms with Crippen LogP contribution in [0.25, 0.3) is 11.1 Å². The molecule has 0 bridgehead atoms. The van der Waals surface area contributed by atoms with Gasteiger partial charge >= 0.3 is 0 Å². The lowest BCUT2D eigenvalue weighted by molar-refractivity contribution is -0.108. The van der Waals surface area contributed by atoms with Crippen molar-refractivity contribution in [3.8, 4) is 11.1 Å². The molecule has 0 N–H and O–H groups in total. The van der Waals surface area contributed by atoms with Gasteiger partial charge < -0.3 is 0 Å². The van der Waals surface area contributed by atoms with Crippen molar-refractivity contribution < 1.29 is 22.8 Å². The predicted molar refractivity (Wildman–Crippen MR) is 98.5 cm³/mol. The third-order valence-corrected chi connectivity index (χ3v) is 5.21. The molecule has 2 aromatic carbocycles. The van der Waals surface area contributed by atoms with Gasteiger partial charge in [0.25, 0.3) is 0 Å². The van der Waals surface area contributed by atoms with E-state index in [1.165, 1.54) is 31.2 Å². The van der Waals surface area contributed by atoms with Gasteiger partial charge in [-0.05, 0) is 65.9 Å². The van der Waals surface area contributed by atoms with E-state index in [1.807, 2.05) is 0 Å². The Morgan fingerprint density at radius 1 is 1.00 bits per heavy atom. The van der Waals surface area contributed by atoms with Gasteiger partial charge in [0.2, 0.25) is 10.2 Å². The number of halogens is 3. The Balaban J connectivity index is 2.37. The molecule has 0 atom stereocenters. The Morgan fingerprint density at radius 2 is 1.65 bits per heavy atom. The van der Waals surface area contributed by atoms with Crippen molar-refractivity contribution in [1.82, 2.24) is 0 Å². The van der Waals surface area contributed by atoms with Gasteiger partial charge in [-0.2, -0.15) is 0 Å². The van der Waals surface area contributed by atoms with Crippen LogP contribution in [0.4, 0.5) is 13.2 Å². The van der Waals surface area contributed by atoms with Gasteiger partial charge in [-0.1, -0.05) is 25.3 Å². The van der Waals surface area contributed by atoms with Crippen LogP contribution in [0, 0.1) is 17.5 Å². The SMILES string of the molecule is C=CC(=O)Sc1ccc(-c2ccc(SC(=O)C(=C)C)c(F)c2)c(F)c1F. The van der Waals surface area contributed by atoms with Gasteiger partial charge in [0, 0.05) is 5.56 Å². The number of rotatable bonds is 5. The fraction of sp³-hybridized carbons (Fsp3) is 0.0526. The second-order valence-electron chi connectivity index (χ2n) is 5.18. The van der Waals surface area contributed by atoms with Crippen LogP contribution in [0.2, 0.25) is 0 Å². The molecule has 2 rings (SSSR count). The monoisotopic (exact) mass is 394 g/mol. The summed E-state index contributed by atoms with van der Waals surface area (Å²) in [6, 6.07) is 6.23. The summed E-state index contributed by atoms with van der Waals surface area (Å²) in [6.07, 6.45) is 0.994. The number of hydrogen-bond donors (Lipinski definition) is 0. The maximum absolute atomic E-state index is 14.3. The summed E-state index contributed by atoms with van der Waals surface area (Å²) in [5.41, 5.74) is 0.228. The van der Waals surface area contributed by atoms with Gasteiger partial charge in [-0.25, -0.2) is 13.2 Å². The topological polar surface area (TPSA) is 34.1 Å². The van der Waals surface area contributed by atoms with Gasteiger partial charge in [0.15, 0.2) is 11.6 Å². The predicted octanol–water partition coefficient (Wildman–Crippen LogP) is 5.77. The highest BCUT2D eigenvalue weighted by molar-refractivity contribution is 8.14. The molecule has 2 aromatic rings. The van der Waals surface area contributed by atoms with Gasteiger partial charge in [-0.15, -0.1) is 0 Å². The average Bonchev–Trinajstić information content (AvgIpc) is 2.60. The third kappa shape index (κ3) is 4.47. The van der Waals surface area contributed by atoms with E-state index in [4.69, 9.17) is 0 Å². The van der Waals surface area contributed by atoms with Crippen LogP contribution >= 0.6 is 23.5 Å². The van der Waals surface area contributed by atoms with E-state index in [-0.39, 0.29) is 31.6 Å². The van der Waals surface area contributed by atoms with E-state index in [9.17, 15) is 22.8 Å². The van der Waals surface area contributed by atoms with Crippen molar-refractivity contribution in [1.29, 1.82) is 0 Å². The molecule has 134 valence electrons. The summed E-state index contributed by atoms with van der Waals surface area (Å²) in [7, 11) is 0. The Bertz CT molecular complexity index is 923. The first kappa shape index (κ1) is 20.1. The summed E-state index contributed by atoms with van der Waals surface area (Å²) in [5.74, 6) is -3.12. The summed E-state index contributed by atoms with van der Waals surface area (Å²) < 4.78 is 42.7. The molecule has 0 saturated heterocycles. The highest BCUT2D eigenvalue weighted by Crippen LogP contribution is 2.34. The maximum atomic E-state index is 14.3. The van der Waals surface area contributed by atoms with Crippen molar-refractivity contribution in [3.63, 3.8) is 0 Å². The second-order valence-corrected chi connectivity index (χ2v) is 7.24. The lowest BCUT2D eigenvalue weighted by atomic mass is 10.0. The number of carbonyl (C=O) groups is 2. The number of hydrogen-bond acceptors (Lipinski definition) is 4. The normalized spacial score (nSPS) is 10.5. The van der Waals surface area contributed by atoms with E-state index in [0.29, 0.717) is 23.5 Å². The maximum Gasteiger partial charge on any atom is 0.219 e. The highest BCUT2D eigenvalue weighted by atomic mass is 32.2. The van der Waals surface area contributed by atoms with Gasteiger partial charge in [0.1, 0.15) is 5.82 Å². The first-order valence-electron chi connectivity index (χ1n) is 7.24. The molecule has 0 aliphatic heterocycles. The first-order chi connectivity index (χ1) is 12.2. The van der Waals surface area contributed by atoms with Gasteiger partial charge in [-0.3, -0.25) is 9.59 Å². The van der Waals surface area contributed by atoms with E-state index in [0.717, 1.165) is 12.1 Å². The van der Waals surface area contributed by atoms with E-state index in [2.05, 4.69) is 13.2 Å². The number of benzene rings is 2. The van der Waals surface area contributed by atoms with Crippen molar-refractivity contribution >= 4 is 33.8 Å². The molecule has 0 heterocycles. The minimum absolute atomic E-state index is 0.0615. The fourth-order valence-electron chi connectivity index (χ4n) is 1.92. The number of thioether (sulfide) groups is 2. The fourth-order valence-corrected chi connectivity index (χ4v) is 3.20. The van der Waals surface area contributed by atoms with Gasteiger partial charge in [0.05, 0.1) is 9.79 Å². The molecule has 0 aromatic heterocycles. The molecular weight excluding hydrogens is 381 g/mol. The largest absolute Gasteiger partial charge is 0.282 e. The van der Waals surface area contributed by atoms with E-state index in [1.54, 1.807) is 0 Å². The molecule has 0 amide bonds. The van der Waals surface area contributed by atoms with Crippen molar-refractivity contribution in [2.45, 2.75) is 16.7 Å². The first-order valence-corrected chi connectivity index (χ1v) is 8.87. The van der Waals surface area contributed by atoms with Crippen LogP contribution in [-0.4, -0.2) is 10.2 Å². The van der Waals surface area contributed by atoms with Crippen LogP contribution in [0.5, 0.6) is 0 Å². The lowest BCUT2D eigenvalue weighted by Crippen LogP contribution is -1.96. The summed E-state index contributed by atoms with van der Waals surface area (Å²) in [6.45, 7) is 8.26. The van der Waals surface area contributed by atoms with Crippen LogP contribution < -0.4 is 0 Å². The Morgan fingerprint density at radius 3 is 2.23 bits per heavy atom. The molecule has 0 aliphatic carbocycles. The quantitative estimate of drug-likeness (QED) is 0.476. The standard InChI is InChI=1S/C19H13F3O2S2/c1-4-16(23)25-15-8-6-12(17(21)18(15)22)11-5-7-14(13(20)9-11)26-19(24)10(2)3/h4-9H,1-2H2,3H3. The second kappa shape index (κ2) is 8.42. The summed E-state index contributed by atoms with van der Waals surface area (Å²) in [4.78, 5) is 22.8. The lowest BCUT2D eigenvalue weighted by Gasteiger charge is -2.09. The zero-order chi connectivity index (χ0) is 19.4. The van der Waals surface area contributed by atoms with Crippen LogP contribution in [-0.2, 0) is 9.59 Å². The molecule has 0 aliphatic rings. The average molecular weight is 394 g/mol. The highest BCUT2D eigenvalue weighted by Gasteiger charge is 2.18. The van der Waals surface area contributed by atoms with Crippen molar-refractivity contribution in [2.75, 3.05) is 0 Å². The molecular formula is C19H13F3O2S2. The molecule has 0 fully saturated rings. The van der Waals surface area contributed by atoms with E-state index < -0.39 is 22.6 Å².